The fourth-order valence-electron chi connectivity index (χ4n) is 3.37. The number of H-pyrrole nitrogens is 1. The maximum atomic E-state index is 11.4. The Bertz CT molecular complexity index is 460. The van der Waals surface area contributed by atoms with Crippen LogP contribution in [0, 0.1) is 0 Å². The second kappa shape index (κ2) is 5.51. The molecule has 1 atom stereocenters. The van der Waals surface area contributed by atoms with Crippen LogP contribution in [0.3, 0.4) is 0 Å². The largest absolute Gasteiger partial charge is 0.325 e. The summed E-state index contributed by atoms with van der Waals surface area (Å²) >= 11 is 0. The minimum absolute atomic E-state index is 0.00160. The molecule has 2 aliphatic heterocycles. The maximum absolute atomic E-state index is 11.4. The van der Waals surface area contributed by atoms with Crippen molar-refractivity contribution in [2.75, 3.05) is 26.2 Å². The van der Waals surface area contributed by atoms with Crippen LogP contribution < -0.4 is 5.69 Å². The summed E-state index contributed by atoms with van der Waals surface area (Å²) in [5.74, 6) is 0. The van der Waals surface area contributed by atoms with Crippen molar-refractivity contribution in [1.82, 2.24) is 19.4 Å². The summed E-state index contributed by atoms with van der Waals surface area (Å²) in [6, 6.07) is 1.51. The summed E-state index contributed by atoms with van der Waals surface area (Å²) in [5.41, 5.74) is 0.00160. The molecule has 0 spiro atoms. The van der Waals surface area contributed by atoms with Gasteiger partial charge in [-0.2, -0.15) is 0 Å². The van der Waals surface area contributed by atoms with Crippen LogP contribution >= 0.6 is 0 Å². The molecule has 1 unspecified atom stereocenters. The highest BCUT2D eigenvalue weighted by Gasteiger charge is 2.34. The fraction of sp³-hybridized carbons (Fsp3) is 0.786. The zero-order valence-corrected chi connectivity index (χ0v) is 11.7. The number of nitrogens with zero attached hydrogens (tertiary/aromatic N) is 3. The highest BCUT2D eigenvalue weighted by Crippen LogP contribution is 2.24. The number of piperidine rings is 1. The van der Waals surface area contributed by atoms with E-state index in [0.717, 1.165) is 25.2 Å². The molecular weight excluding hydrogens is 240 g/mol. The van der Waals surface area contributed by atoms with E-state index in [4.69, 9.17) is 0 Å². The predicted octanol–water partition coefficient (Wildman–Crippen LogP) is 0.735. The molecule has 19 heavy (non-hydrogen) atoms. The molecular formula is C14H24N4O. The number of nitrogens with one attached hydrogen (secondary N) is 1. The molecule has 1 N–H and O–H groups in total. The quantitative estimate of drug-likeness (QED) is 0.872. The molecule has 3 rings (SSSR count). The van der Waals surface area contributed by atoms with Gasteiger partial charge in [0.2, 0.25) is 0 Å². The highest BCUT2D eigenvalue weighted by molar-refractivity contribution is 4.91. The molecule has 106 valence electrons. The summed E-state index contributed by atoms with van der Waals surface area (Å²) in [6.45, 7) is 7.76. The van der Waals surface area contributed by atoms with E-state index in [2.05, 4.69) is 21.7 Å². The lowest BCUT2D eigenvalue weighted by molar-refractivity contribution is -0.00356. The van der Waals surface area contributed by atoms with Gasteiger partial charge >= 0.3 is 5.69 Å². The van der Waals surface area contributed by atoms with Gasteiger partial charge < -0.3 is 4.98 Å². The van der Waals surface area contributed by atoms with Crippen molar-refractivity contribution in [3.05, 3.63) is 22.9 Å². The second-order valence-electron chi connectivity index (χ2n) is 5.95. The smallest absolute Gasteiger partial charge is 0.313 e. The first-order valence-corrected chi connectivity index (χ1v) is 7.46. The van der Waals surface area contributed by atoms with Crippen LogP contribution in [0.2, 0.25) is 0 Å². The molecule has 2 aliphatic rings. The Balaban J connectivity index is 1.43. The average Bonchev–Trinajstić information content (AvgIpc) is 2.75. The first-order chi connectivity index (χ1) is 9.24. The minimum atomic E-state index is 0.00160. The van der Waals surface area contributed by atoms with Crippen LogP contribution in [0.4, 0.5) is 0 Å². The molecule has 0 aromatic carbocycles. The Kier molecular flexibility index (Phi) is 3.75. The molecule has 5 heteroatoms. The van der Waals surface area contributed by atoms with Gasteiger partial charge in [-0.1, -0.05) is 6.42 Å². The van der Waals surface area contributed by atoms with E-state index >= 15 is 0 Å². The number of imidazole rings is 1. The average molecular weight is 264 g/mol. The van der Waals surface area contributed by atoms with Crippen molar-refractivity contribution in [3.8, 4) is 0 Å². The first kappa shape index (κ1) is 12.9. The van der Waals surface area contributed by atoms with E-state index in [9.17, 15) is 4.79 Å². The van der Waals surface area contributed by atoms with E-state index in [1.807, 2.05) is 6.20 Å². The van der Waals surface area contributed by atoms with Gasteiger partial charge in [0.05, 0.1) is 0 Å². The van der Waals surface area contributed by atoms with Gasteiger partial charge in [0.25, 0.3) is 0 Å². The molecule has 5 nitrogen and oxygen atoms in total. The molecule has 0 aliphatic carbocycles. The number of aromatic nitrogens is 2. The van der Waals surface area contributed by atoms with Gasteiger partial charge in [-0.25, -0.2) is 4.79 Å². The Hall–Kier alpha value is -1.07. The van der Waals surface area contributed by atoms with Crippen molar-refractivity contribution in [2.24, 2.45) is 0 Å². The van der Waals surface area contributed by atoms with E-state index in [-0.39, 0.29) is 5.69 Å². The van der Waals surface area contributed by atoms with Gasteiger partial charge in [-0.15, -0.1) is 0 Å². The number of likely N-dealkylation sites (tertiary alicyclic amines) is 2. The van der Waals surface area contributed by atoms with Gasteiger partial charge in [-0.3, -0.25) is 14.4 Å². The van der Waals surface area contributed by atoms with Crippen LogP contribution in [0.25, 0.3) is 0 Å². The van der Waals surface area contributed by atoms with Crippen LogP contribution in [0.1, 0.15) is 26.2 Å². The van der Waals surface area contributed by atoms with Gasteiger partial charge in [0.1, 0.15) is 0 Å². The molecule has 1 aromatic rings. The Morgan fingerprint density at radius 2 is 2.16 bits per heavy atom. The fourth-order valence-corrected chi connectivity index (χ4v) is 3.37. The molecule has 2 saturated heterocycles. The number of hydrogen-bond acceptors (Lipinski definition) is 3. The summed E-state index contributed by atoms with van der Waals surface area (Å²) in [5, 5.41) is 0. The van der Waals surface area contributed by atoms with Gasteiger partial charge in [0, 0.05) is 50.7 Å². The van der Waals surface area contributed by atoms with Crippen LogP contribution in [-0.4, -0.2) is 57.6 Å². The lowest BCUT2D eigenvalue weighted by Crippen LogP contribution is -2.62. The molecule has 0 radical (unpaired) electrons. The topological polar surface area (TPSA) is 44.3 Å². The van der Waals surface area contributed by atoms with Crippen LogP contribution in [-0.2, 0) is 6.54 Å². The van der Waals surface area contributed by atoms with Crippen molar-refractivity contribution < 1.29 is 0 Å². The molecule has 0 saturated carbocycles. The van der Waals surface area contributed by atoms with Crippen molar-refractivity contribution in [3.63, 3.8) is 0 Å². The Morgan fingerprint density at radius 3 is 2.84 bits per heavy atom. The SMILES string of the molecule is CC1CCCCN1C1CN(CCn2cc[nH]c2=O)C1. The van der Waals surface area contributed by atoms with E-state index in [0.29, 0.717) is 0 Å². The van der Waals surface area contributed by atoms with Crippen molar-refractivity contribution in [1.29, 1.82) is 0 Å². The maximum Gasteiger partial charge on any atom is 0.325 e. The number of rotatable bonds is 4. The Labute approximate surface area is 114 Å². The summed E-state index contributed by atoms with van der Waals surface area (Å²) in [7, 11) is 0. The van der Waals surface area contributed by atoms with E-state index < -0.39 is 0 Å². The lowest BCUT2D eigenvalue weighted by atomic mass is 9.97. The minimum Gasteiger partial charge on any atom is -0.313 e. The van der Waals surface area contributed by atoms with Crippen LogP contribution in [0.5, 0.6) is 0 Å². The third kappa shape index (κ3) is 2.77. The molecule has 1 aromatic heterocycles. The van der Waals surface area contributed by atoms with Crippen molar-refractivity contribution >= 4 is 0 Å². The number of hydrogen-bond donors (Lipinski definition) is 1. The highest BCUT2D eigenvalue weighted by atomic mass is 16.1. The van der Waals surface area contributed by atoms with Gasteiger partial charge in [-0.05, 0) is 26.3 Å². The molecule has 2 fully saturated rings. The van der Waals surface area contributed by atoms with E-state index in [1.54, 1.807) is 10.8 Å². The summed E-state index contributed by atoms with van der Waals surface area (Å²) in [4.78, 5) is 19.2. The van der Waals surface area contributed by atoms with Crippen molar-refractivity contribution in [2.45, 2.75) is 44.8 Å². The molecule has 0 bridgehead atoms. The normalized spacial score (nSPS) is 26.5. The standard InChI is InChI=1S/C14H24N4O/c1-12-4-2-3-6-18(12)13-10-16(11-13)8-9-17-7-5-15-14(17)19/h5,7,12-13H,2-4,6,8-11H2,1H3,(H,15,19). The predicted molar refractivity (Wildman–Crippen MR) is 75.3 cm³/mol. The monoisotopic (exact) mass is 264 g/mol. The summed E-state index contributed by atoms with van der Waals surface area (Å²) < 4.78 is 1.75. The molecule has 0 amide bonds. The zero-order valence-electron chi connectivity index (χ0n) is 11.7. The summed E-state index contributed by atoms with van der Waals surface area (Å²) in [6.07, 6.45) is 7.64. The number of aromatic amines is 1. The van der Waals surface area contributed by atoms with E-state index in [1.165, 1.54) is 38.9 Å². The Morgan fingerprint density at radius 1 is 1.32 bits per heavy atom. The lowest BCUT2D eigenvalue weighted by Gasteiger charge is -2.49. The second-order valence-corrected chi connectivity index (χ2v) is 5.95. The molecule has 3 heterocycles. The first-order valence-electron chi connectivity index (χ1n) is 7.46. The zero-order chi connectivity index (χ0) is 13.2. The van der Waals surface area contributed by atoms with Gasteiger partial charge in [0.15, 0.2) is 0 Å². The third-order valence-electron chi connectivity index (χ3n) is 4.64. The van der Waals surface area contributed by atoms with Crippen LogP contribution in [0.15, 0.2) is 17.2 Å². The third-order valence-corrected chi connectivity index (χ3v) is 4.64.